The van der Waals surface area contributed by atoms with E-state index < -0.39 is 17.8 Å². The highest BCUT2D eigenvalue weighted by atomic mass is 35.5. The highest BCUT2D eigenvalue weighted by Crippen LogP contribution is 2.28. The normalized spacial score (nSPS) is 11.9. The number of halogens is 4. The van der Waals surface area contributed by atoms with Gasteiger partial charge in [-0.1, -0.05) is 77.3 Å². The van der Waals surface area contributed by atoms with Crippen molar-refractivity contribution in [1.29, 1.82) is 0 Å². The van der Waals surface area contributed by atoms with Crippen LogP contribution in [0.4, 0.5) is 4.39 Å². The molecule has 0 radical (unpaired) electrons. The summed E-state index contributed by atoms with van der Waals surface area (Å²) in [6.07, 6.45) is -0.0773. The van der Waals surface area contributed by atoms with Crippen LogP contribution in [0.25, 0.3) is 0 Å². The Hall–Kier alpha value is -2.60. The van der Waals surface area contributed by atoms with Gasteiger partial charge >= 0.3 is 0 Å². The van der Waals surface area contributed by atoms with Crippen LogP contribution in [0.1, 0.15) is 30.5 Å². The summed E-state index contributed by atoms with van der Waals surface area (Å²) in [5.41, 5.74) is 1.43. The quantitative estimate of drug-likeness (QED) is 0.340. The Bertz CT molecular complexity index is 1150. The summed E-state index contributed by atoms with van der Waals surface area (Å²) >= 11 is 19.0. The summed E-state index contributed by atoms with van der Waals surface area (Å²) in [5.74, 6) is -1.40. The van der Waals surface area contributed by atoms with Gasteiger partial charge in [-0.15, -0.1) is 0 Å². The van der Waals surface area contributed by atoms with Gasteiger partial charge in [0.05, 0.1) is 6.42 Å². The van der Waals surface area contributed by atoms with Crippen molar-refractivity contribution in [3.8, 4) is 0 Å². The molecule has 35 heavy (non-hydrogen) atoms. The van der Waals surface area contributed by atoms with Crippen LogP contribution in [0.15, 0.2) is 66.7 Å². The molecule has 3 rings (SSSR count). The number of hydrogen-bond donors (Lipinski definition) is 1. The highest BCUT2D eigenvalue weighted by molar-refractivity contribution is 6.36. The van der Waals surface area contributed by atoms with Crippen LogP contribution < -0.4 is 5.32 Å². The first-order valence-electron chi connectivity index (χ1n) is 11.2. The molecule has 8 heteroatoms. The molecule has 3 aromatic carbocycles. The summed E-state index contributed by atoms with van der Waals surface area (Å²) < 4.78 is 14.5. The first-order chi connectivity index (χ1) is 16.7. The van der Waals surface area contributed by atoms with E-state index in [0.717, 1.165) is 5.56 Å². The van der Waals surface area contributed by atoms with Crippen molar-refractivity contribution in [2.75, 3.05) is 0 Å². The lowest BCUT2D eigenvalue weighted by Crippen LogP contribution is -2.52. The van der Waals surface area contributed by atoms with Crippen LogP contribution in [-0.2, 0) is 29.0 Å². The van der Waals surface area contributed by atoms with Gasteiger partial charge in [-0.2, -0.15) is 0 Å². The summed E-state index contributed by atoms with van der Waals surface area (Å²) in [4.78, 5) is 28.5. The lowest BCUT2D eigenvalue weighted by molar-refractivity contribution is -0.141. The number of nitrogens with zero attached hydrogens (tertiary/aromatic N) is 1. The van der Waals surface area contributed by atoms with Gasteiger partial charge in [0, 0.05) is 45.2 Å². The molecule has 1 atom stereocenters. The fourth-order valence-electron chi connectivity index (χ4n) is 3.74. The second-order valence-electron chi connectivity index (χ2n) is 8.47. The summed E-state index contributed by atoms with van der Waals surface area (Å²) in [5, 5.41) is 3.77. The molecule has 0 fully saturated rings. The van der Waals surface area contributed by atoms with Gasteiger partial charge in [0.25, 0.3) is 0 Å². The Morgan fingerprint density at radius 2 is 1.43 bits per heavy atom. The van der Waals surface area contributed by atoms with Crippen molar-refractivity contribution >= 4 is 46.6 Å². The predicted octanol–water partition coefficient (Wildman–Crippen LogP) is 6.49. The standard InChI is InChI=1S/C27H26Cl3FN2O2/c1-17(2)32-27(35)25(14-18-8-4-3-5-9-18)33(16-20-22(29)10-6-11-23(20)30)26(34)15-19-21(28)12-7-13-24(19)31/h3-13,17,25H,14-16H2,1-2H3,(H,32,35)/t25-/m1/s1. The Morgan fingerprint density at radius 1 is 0.857 bits per heavy atom. The van der Waals surface area contributed by atoms with E-state index in [1.165, 1.54) is 23.1 Å². The molecular formula is C27H26Cl3FN2O2. The minimum Gasteiger partial charge on any atom is -0.352 e. The number of benzene rings is 3. The molecule has 184 valence electrons. The predicted molar refractivity (Wildman–Crippen MR) is 139 cm³/mol. The van der Waals surface area contributed by atoms with E-state index in [9.17, 15) is 14.0 Å². The third-order valence-corrected chi connectivity index (χ3v) is 6.54. The van der Waals surface area contributed by atoms with E-state index in [1.807, 2.05) is 44.2 Å². The van der Waals surface area contributed by atoms with Crippen molar-refractivity contribution in [3.63, 3.8) is 0 Å². The van der Waals surface area contributed by atoms with Gasteiger partial charge in [-0.25, -0.2) is 4.39 Å². The third kappa shape index (κ3) is 7.20. The van der Waals surface area contributed by atoms with Gasteiger partial charge < -0.3 is 10.2 Å². The topological polar surface area (TPSA) is 49.4 Å². The SMILES string of the molecule is CC(C)NC(=O)[C@@H](Cc1ccccc1)N(Cc1c(Cl)cccc1Cl)C(=O)Cc1c(F)cccc1Cl. The first kappa shape index (κ1) is 27.0. The van der Waals surface area contributed by atoms with Crippen molar-refractivity contribution in [1.82, 2.24) is 10.2 Å². The van der Waals surface area contributed by atoms with Gasteiger partial charge in [0.2, 0.25) is 11.8 Å². The molecule has 0 unspecified atom stereocenters. The number of hydrogen-bond acceptors (Lipinski definition) is 2. The van der Waals surface area contributed by atoms with E-state index >= 15 is 0 Å². The number of carbonyl (C=O) groups is 2. The Labute approximate surface area is 220 Å². The molecule has 3 aromatic rings. The zero-order valence-electron chi connectivity index (χ0n) is 19.4. The van der Waals surface area contributed by atoms with Crippen molar-refractivity contribution in [2.45, 2.75) is 45.3 Å². The summed E-state index contributed by atoms with van der Waals surface area (Å²) in [6, 6.07) is 17.6. The smallest absolute Gasteiger partial charge is 0.243 e. The van der Waals surface area contributed by atoms with Crippen LogP contribution in [0.2, 0.25) is 15.1 Å². The molecule has 0 aliphatic rings. The largest absolute Gasteiger partial charge is 0.352 e. The maximum atomic E-state index is 14.5. The van der Waals surface area contributed by atoms with Gasteiger partial charge in [0.15, 0.2) is 0 Å². The number of amides is 2. The minimum atomic E-state index is -0.898. The Morgan fingerprint density at radius 3 is 2.00 bits per heavy atom. The molecule has 0 spiro atoms. The van der Waals surface area contributed by atoms with E-state index in [2.05, 4.69) is 5.32 Å². The van der Waals surface area contributed by atoms with Crippen LogP contribution in [0.5, 0.6) is 0 Å². The zero-order chi connectivity index (χ0) is 25.5. The maximum Gasteiger partial charge on any atom is 0.243 e. The van der Waals surface area contributed by atoms with Crippen molar-refractivity contribution < 1.29 is 14.0 Å². The number of carbonyl (C=O) groups excluding carboxylic acids is 2. The molecule has 1 N–H and O–H groups in total. The fourth-order valence-corrected chi connectivity index (χ4v) is 4.49. The van der Waals surface area contributed by atoms with E-state index in [1.54, 1.807) is 18.2 Å². The molecule has 0 aliphatic carbocycles. The second kappa shape index (κ2) is 12.4. The number of nitrogens with one attached hydrogen (secondary N) is 1. The molecular weight excluding hydrogens is 510 g/mol. The number of rotatable bonds is 9. The van der Waals surface area contributed by atoms with Gasteiger partial charge in [-0.3, -0.25) is 9.59 Å². The maximum absolute atomic E-state index is 14.5. The van der Waals surface area contributed by atoms with Crippen molar-refractivity contribution in [2.24, 2.45) is 0 Å². The fraction of sp³-hybridized carbons (Fsp3) is 0.259. The molecule has 0 aliphatic heterocycles. The Kier molecular flexibility index (Phi) is 9.55. The second-order valence-corrected chi connectivity index (χ2v) is 9.69. The van der Waals surface area contributed by atoms with Crippen LogP contribution >= 0.6 is 34.8 Å². The molecule has 0 heterocycles. The van der Waals surface area contributed by atoms with E-state index in [-0.39, 0.29) is 41.9 Å². The summed E-state index contributed by atoms with van der Waals surface area (Å²) in [6.45, 7) is 3.65. The lowest BCUT2D eigenvalue weighted by Gasteiger charge is -2.32. The highest BCUT2D eigenvalue weighted by Gasteiger charge is 2.32. The first-order valence-corrected chi connectivity index (χ1v) is 12.3. The molecule has 0 saturated carbocycles. The molecule has 4 nitrogen and oxygen atoms in total. The molecule has 0 saturated heterocycles. The Balaban J connectivity index is 2.06. The molecule has 2 amide bonds. The molecule has 0 bridgehead atoms. The third-order valence-electron chi connectivity index (χ3n) is 5.48. The summed E-state index contributed by atoms with van der Waals surface area (Å²) in [7, 11) is 0. The monoisotopic (exact) mass is 534 g/mol. The van der Waals surface area contributed by atoms with E-state index in [4.69, 9.17) is 34.8 Å². The van der Waals surface area contributed by atoms with E-state index in [0.29, 0.717) is 15.6 Å². The van der Waals surface area contributed by atoms with Gasteiger partial charge in [0.1, 0.15) is 11.9 Å². The van der Waals surface area contributed by atoms with Gasteiger partial charge in [-0.05, 0) is 43.7 Å². The molecule has 0 aromatic heterocycles. The van der Waals surface area contributed by atoms with Crippen LogP contribution in [-0.4, -0.2) is 28.8 Å². The van der Waals surface area contributed by atoms with Crippen LogP contribution in [0.3, 0.4) is 0 Å². The lowest BCUT2D eigenvalue weighted by atomic mass is 10.0. The van der Waals surface area contributed by atoms with Crippen LogP contribution in [0, 0.1) is 5.82 Å². The van der Waals surface area contributed by atoms with Crippen molar-refractivity contribution in [3.05, 3.63) is 104 Å². The average molecular weight is 536 g/mol. The minimum absolute atomic E-state index is 0.0353. The average Bonchev–Trinajstić information content (AvgIpc) is 2.80. The zero-order valence-corrected chi connectivity index (χ0v) is 21.7.